The zero-order valence-corrected chi connectivity index (χ0v) is 12.4. The SMILES string of the molecule is CCCCC/C=C\C=C\C(O)C[Si](C)(C)C. The Morgan fingerprint density at radius 2 is 1.81 bits per heavy atom. The van der Waals surface area contributed by atoms with Crippen LogP contribution < -0.4 is 0 Å². The van der Waals surface area contributed by atoms with Crippen molar-refractivity contribution < 1.29 is 5.11 Å². The van der Waals surface area contributed by atoms with Gasteiger partial charge in [0.2, 0.25) is 0 Å². The fourth-order valence-electron chi connectivity index (χ4n) is 1.57. The highest BCUT2D eigenvalue weighted by Gasteiger charge is 2.16. The summed E-state index contributed by atoms with van der Waals surface area (Å²) in [7, 11) is -1.13. The van der Waals surface area contributed by atoms with Crippen LogP contribution in [0.25, 0.3) is 0 Å². The van der Waals surface area contributed by atoms with Crippen LogP contribution in [0.4, 0.5) is 0 Å². The first kappa shape index (κ1) is 15.7. The molecule has 1 atom stereocenters. The lowest BCUT2D eigenvalue weighted by Gasteiger charge is -2.17. The molecule has 1 N–H and O–H groups in total. The van der Waals surface area contributed by atoms with Crippen LogP contribution in [0.3, 0.4) is 0 Å². The van der Waals surface area contributed by atoms with Crippen molar-refractivity contribution in [3.8, 4) is 0 Å². The molecule has 0 radical (unpaired) electrons. The Bertz CT molecular complexity index is 213. The van der Waals surface area contributed by atoms with Crippen molar-refractivity contribution in [2.24, 2.45) is 0 Å². The molecule has 0 aliphatic rings. The van der Waals surface area contributed by atoms with Gasteiger partial charge in [0.15, 0.2) is 0 Å². The minimum atomic E-state index is -1.13. The summed E-state index contributed by atoms with van der Waals surface area (Å²) < 4.78 is 0. The smallest absolute Gasteiger partial charge is 0.0700 e. The highest BCUT2D eigenvalue weighted by molar-refractivity contribution is 6.76. The maximum Gasteiger partial charge on any atom is 0.0700 e. The molecule has 1 unspecified atom stereocenters. The molecular formula is C14H28OSi. The highest BCUT2D eigenvalue weighted by Crippen LogP contribution is 2.12. The zero-order valence-electron chi connectivity index (χ0n) is 11.4. The van der Waals surface area contributed by atoms with Gasteiger partial charge < -0.3 is 5.11 Å². The minimum absolute atomic E-state index is 0.257. The van der Waals surface area contributed by atoms with Crippen LogP contribution in [0.5, 0.6) is 0 Å². The molecule has 2 heteroatoms. The van der Waals surface area contributed by atoms with Crippen LogP contribution in [0.2, 0.25) is 25.7 Å². The molecule has 16 heavy (non-hydrogen) atoms. The van der Waals surface area contributed by atoms with E-state index in [-0.39, 0.29) is 6.10 Å². The van der Waals surface area contributed by atoms with Crippen LogP contribution >= 0.6 is 0 Å². The van der Waals surface area contributed by atoms with Gasteiger partial charge in [-0.25, -0.2) is 0 Å². The summed E-state index contributed by atoms with van der Waals surface area (Å²) in [6.45, 7) is 9.07. The van der Waals surface area contributed by atoms with Crippen molar-refractivity contribution in [3.63, 3.8) is 0 Å². The van der Waals surface area contributed by atoms with E-state index in [1.165, 1.54) is 19.3 Å². The van der Waals surface area contributed by atoms with Crippen molar-refractivity contribution in [1.82, 2.24) is 0 Å². The molecule has 0 aliphatic carbocycles. The van der Waals surface area contributed by atoms with Gasteiger partial charge in [0.25, 0.3) is 0 Å². The Hall–Kier alpha value is -0.343. The van der Waals surface area contributed by atoms with Gasteiger partial charge in [0.05, 0.1) is 6.10 Å². The molecule has 1 nitrogen and oxygen atoms in total. The molecule has 0 aliphatic heterocycles. The van der Waals surface area contributed by atoms with Crippen molar-refractivity contribution in [2.75, 3.05) is 0 Å². The normalized spacial score (nSPS) is 15.1. The lowest BCUT2D eigenvalue weighted by molar-refractivity contribution is 0.242. The maximum absolute atomic E-state index is 9.74. The molecule has 0 aromatic heterocycles. The number of aliphatic hydroxyl groups is 1. The van der Waals surface area contributed by atoms with Crippen molar-refractivity contribution in [1.29, 1.82) is 0 Å². The first-order valence-electron chi connectivity index (χ1n) is 6.47. The second-order valence-corrected chi connectivity index (χ2v) is 11.2. The lowest BCUT2D eigenvalue weighted by Crippen LogP contribution is -2.25. The molecule has 0 aromatic carbocycles. The molecule has 0 saturated heterocycles. The summed E-state index contributed by atoms with van der Waals surface area (Å²) in [4.78, 5) is 0. The van der Waals surface area contributed by atoms with Crippen LogP contribution in [0.1, 0.15) is 32.6 Å². The Labute approximate surface area is 102 Å². The summed E-state index contributed by atoms with van der Waals surface area (Å²) in [5, 5.41) is 9.74. The molecule has 0 rings (SSSR count). The second-order valence-electron chi connectivity index (χ2n) is 5.64. The Kier molecular flexibility index (Phi) is 8.58. The van der Waals surface area contributed by atoms with Crippen molar-refractivity contribution in [3.05, 3.63) is 24.3 Å². The van der Waals surface area contributed by atoms with Gasteiger partial charge in [-0.15, -0.1) is 0 Å². The average Bonchev–Trinajstić information content (AvgIpc) is 2.13. The summed E-state index contributed by atoms with van der Waals surface area (Å²) in [6, 6.07) is 0.952. The standard InChI is InChI=1S/C14H28OSi/c1-5-6-7-8-9-10-11-12-14(15)13-16(2,3)4/h9-12,14-15H,5-8,13H2,1-4H3/b10-9-,12-11+. The third kappa shape index (κ3) is 11.7. The van der Waals surface area contributed by atoms with Gasteiger partial charge in [-0.1, -0.05) is 63.7 Å². The van der Waals surface area contributed by atoms with Gasteiger partial charge in [-0.05, 0) is 18.9 Å². The predicted octanol–water partition coefficient (Wildman–Crippen LogP) is 4.38. The van der Waals surface area contributed by atoms with Gasteiger partial charge in [-0.2, -0.15) is 0 Å². The predicted molar refractivity (Wildman–Crippen MR) is 76.6 cm³/mol. The number of allylic oxidation sites excluding steroid dienone is 3. The number of aliphatic hydroxyl groups excluding tert-OH is 1. The van der Waals surface area contributed by atoms with E-state index in [4.69, 9.17) is 0 Å². The van der Waals surface area contributed by atoms with E-state index in [0.29, 0.717) is 0 Å². The van der Waals surface area contributed by atoms with E-state index in [9.17, 15) is 5.11 Å². The quantitative estimate of drug-likeness (QED) is 0.379. The van der Waals surface area contributed by atoms with Crippen LogP contribution in [-0.4, -0.2) is 19.3 Å². The minimum Gasteiger partial charge on any atom is -0.389 e. The number of unbranched alkanes of at least 4 members (excludes halogenated alkanes) is 3. The first-order valence-corrected chi connectivity index (χ1v) is 10.2. The molecule has 0 heterocycles. The maximum atomic E-state index is 9.74. The van der Waals surface area contributed by atoms with E-state index >= 15 is 0 Å². The van der Waals surface area contributed by atoms with Crippen LogP contribution in [-0.2, 0) is 0 Å². The van der Waals surface area contributed by atoms with Crippen LogP contribution in [0.15, 0.2) is 24.3 Å². The Balaban J connectivity index is 3.66. The fraction of sp³-hybridized carbons (Fsp3) is 0.714. The largest absolute Gasteiger partial charge is 0.389 e. The molecule has 0 spiro atoms. The molecule has 0 aromatic rings. The molecule has 94 valence electrons. The van der Waals surface area contributed by atoms with E-state index < -0.39 is 8.07 Å². The number of rotatable bonds is 8. The fourth-order valence-corrected chi connectivity index (χ4v) is 2.97. The van der Waals surface area contributed by atoms with E-state index in [1.54, 1.807) is 0 Å². The molecular weight excluding hydrogens is 212 g/mol. The van der Waals surface area contributed by atoms with E-state index in [1.807, 2.05) is 12.2 Å². The Morgan fingerprint density at radius 1 is 1.12 bits per heavy atom. The van der Waals surface area contributed by atoms with Crippen molar-refractivity contribution >= 4 is 8.07 Å². The topological polar surface area (TPSA) is 20.2 Å². The van der Waals surface area contributed by atoms with Gasteiger partial charge in [-0.3, -0.25) is 0 Å². The summed E-state index contributed by atoms with van der Waals surface area (Å²) in [6.07, 6.45) is 12.9. The monoisotopic (exact) mass is 240 g/mol. The molecule has 0 fully saturated rings. The third-order valence-electron chi connectivity index (χ3n) is 2.38. The van der Waals surface area contributed by atoms with E-state index in [0.717, 1.165) is 12.5 Å². The first-order chi connectivity index (χ1) is 7.45. The number of hydrogen-bond acceptors (Lipinski definition) is 1. The highest BCUT2D eigenvalue weighted by atomic mass is 28.3. The van der Waals surface area contributed by atoms with Gasteiger partial charge in [0.1, 0.15) is 0 Å². The van der Waals surface area contributed by atoms with Gasteiger partial charge in [0, 0.05) is 8.07 Å². The third-order valence-corrected chi connectivity index (χ3v) is 4.02. The summed E-state index contributed by atoms with van der Waals surface area (Å²) in [5.74, 6) is 0. The number of hydrogen-bond donors (Lipinski definition) is 1. The average molecular weight is 240 g/mol. The van der Waals surface area contributed by atoms with Gasteiger partial charge >= 0.3 is 0 Å². The summed E-state index contributed by atoms with van der Waals surface area (Å²) >= 11 is 0. The summed E-state index contributed by atoms with van der Waals surface area (Å²) in [5.41, 5.74) is 0. The lowest BCUT2D eigenvalue weighted by atomic mass is 10.2. The second kappa shape index (κ2) is 8.77. The van der Waals surface area contributed by atoms with Crippen LogP contribution in [0, 0.1) is 0 Å². The van der Waals surface area contributed by atoms with E-state index in [2.05, 4.69) is 38.7 Å². The molecule has 0 bridgehead atoms. The Morgan fingerprint density at radius 3 is 2.38 bits per heavy atom. The zero-order chi connectivity index (χ0) is 12.4. The molecule has 0 amide bonds. The molecule has 0 saturated carbocycles. The van der Waals surface area contributed by atoms with Crippen molar-refractivity contribution in [2.45, 2.75) is 64.4 Å².